The molecule has 0 unspecified atom stereocenters. The first-order valence-electron chi connectivity index (χ1n) is 9.26. The molecule has 29 heavy (non-hydrogen) atoms. The second kappa shape index (κ2) is 12.4. The summed E-state index contributed by atoms with van der Waals surface area (Å²) in [4.78, 5) is 4.28. The minimum Gasteiger partial charge on any atom is -0.496 e. The quantitative estimate of drug-likeness (QED) is 0.231. The van der Waals surface area contributed by atoms with Gasteiger partial charge in [-0.3, -0.25) is 9.67 Å². The first kappa shape index (κ1) is 24.9. The van der Waals surface area contributed by atoms with Crippen LogP contribution < -0.4 is 24.8 Å². The summed E-state index contributed by atoms with van der Waals surface area (Å²) in [5.41, 5.74) is 3.13. The lowest BCUT2D eigenvalue weighted by molar-refractivity contribution is 0.368. The maximum Gasteiger partial charge on any atom is 0.191 e. The van der Waals surface area contributed by atoms with Crippen molar-refractivity contribution in [3.05, 3.63) is 35.2 Å². The van der Waals surface area contributed by atoms with Crippen molar-refractivity contribution in [2.45, 2.75) is 33.4 Å². The van der Waals surface area contributed by atoms with Gasteiger partial charge in [0.25, 0.3) is 0 Å². The van der Waals surface area contributed by atoms with E-state index in [2.05, 4.69) is 33.7 Å². The molecule has 0 spiro atoms. The number of hydrogen-bond acceptors (Lipinski definition) is 5. The van der Waals surface area contributed by atoms with Crippen LogP contribution in [0.3, 0.4) is 0 Å². The molecule has 0 saturated carbocycles. The summed E-state index contributed by atoms with van der Waals surface area (Å²) in [6, 6.07) is 5.76. The highest BCUT2D eigenvalue weighted by Gasteiger charge is 2.13. The molecule has 9 heteroatoms. The summed E-state index contributed by atoms with van der Waals surface area (Å²) in [6.45, 7) is 6.24. The molecule has 0 aliphatic heterocycles. The highest BCUT2D eigenvalue weighted by atomic mass is 127. The van der Waals surface area contributed by atoms with Gasteiger partial charge in [-0.25, -0.2) is 0 Å². The van der Waals surface area contributed by atoms with Crippen molar-refractivity contribution in [2.75, 3.05) is 34.9 Å². The maximum absolute atomic E-state index is 5.49. The van der Waals surface area contributed by atoms with Gasteiger partial charge in [-0.1, -0.05) is 0 Å². The molecule has 2 N–H and O–H groups in total. The molecule has 2 rings (SSSR count). The van der Waals surface area contributed by atoms with Gasteiger partial charge in [0.1, 0.15) is 17.2 Å². The van der Waals surface area contributed by atoms with Crippen molar-refractivity contribution in [3.8, 4) is 17.2 Å². The Kier molecular flexibility index (Phi) is 10.6. The third kappa shape index (κ3) is 6.98. The van der Waals surface area contributed by atoms with Crippen LogP contribution in [0.25, 0.3) is 0 Å². The monoisotopic (exact) mass is 517 g/mol. The van der Waals surface area contributed by atoms with Gasteiger partial charge in [0.05, 0.1) is 39.1 Å². The van der Waals surface area contributed by atoms with Crippen molar-refractivity contribution >= 4 is 29.9 Å². The topological polar surface area (TPSA) is 81.9 Å². The number of nitrogens with one attached hydrogen (secondary N) is 2. The number of aliphatic imine (C=N–C) groups is 1. The number of guanidine groups is 1. The van der Waals surface area contributed by atoms with Crippen LogP contribution in [0, 0.1) is 13.8 Å². The van der Waals surface area contributed by atoms with Crippen molar-refractivity contribution in [3.63, 3.8) is 0 Å². The lowest BCUT2D eigenvalue weighted by atomic mass is 10.1. The predicted octanol–water partition coefficient (Wildman–Crippen LogP) is 2.90. The van der Waals surface area contributed by atoms with Gasteiger partial charge >= 0.3 is 0 Å². The van der Waals surface area contributed by atoms with Gasteiger partial charge in [-0.15, -0.1) is 24.0 Å². The summed E-state index contributed by atoms with van der Waals surface area (Å²) in [7, 11) is 6.62. The van der Waals surface area contributed by atoms with E-state index in [1.54, 1.807) is 28.4 Å². The van der Waals surface area contributed by atoms with Crippen LogP contribution in [-0.4, -0.2) is 50.7 Å². The molecule has 2 aromatic rings. The van der Waals surface area contributed by atoms with Crippen LogP contribution in [-0.2, 0) is 13.1 Å². The van der Waals surface area contributed by atoms with Gasteiger partial charge in [-0.2, -0.15) is 5.10 Å². The Bertz CT molecular complexity index is 782. The summed E-state index contributed by atoms with van der Waals surface area (Å²) < 4.78 is 18.3. The minimum absolute atomic E-state index is 0. The van der Waals surface area contributed by atoms with E-state index in [-0.39, 0.29) is 24.0 Å². The van der Waals surface area contributed by atoms with E-state index >= 15 is 0 Å². The zero-order chi connectivity index (χ0) is 20.5. The van der Waals surface area contributed by atoms with E-state index in [1.807, 2.05) is 23.7 Å². The molecule has 1 aromatic carbocycles. The number of nitrogens with zero attached hydrogens (tertiary/aromatic N) is 3. The second-order valence-corrected chi connectivity index (χ2v) is 6.37. The molecule has 0 amide bonds. The molecule has 0 radical (unpaired) electrons. The van der Waals surface area contributed by atoms with E-state index in [1.165, 1.54) is 5.69 Å². The molecule has 0 fully saturated rings. The zero-order valence-corrected chi connectivity index (χ0v) is 20.4. The first-order chi connectivity index (χ1) is 13.5. The number of ether oxygens (including phenoxy) is 3. The predicted molar refractivity (Wildman–Crippen MR) is 126 cm³/mol. The fourth-order valence-corrected chi connectivity index (χ4v) is 2.98. The number of rotatable bonds is 9. The molecule has 1 heterocycles. The lowest BCUT2D eigenvalue weighted by Gasteiger charge is -2.17. The van der Waals surface area contributed by atoms with Crippen molar-refractivity contribution in [1.82, 2.24) is 20.4 Å². The Labute approximate surface area is 190 Å². The van der Waals surface area contributed by atoms with E-state index in [9.17, 15) is 0 Å². The Hall–Kier alpha value is -2.17. The molecule has 0 saturated heterocycles. The number of aryl methyl sites for hydroxylation is 3. The minimum atomic E-state index is 0. The van der Waals surface area contributed by atoms with Crippen LogP contribution in [0.15, 0.2) is 23.2 Å². The highest BCUT2D eigenvalue weighted by molar-refractivity contribution is 14.0. The fraction of sp³-hybridized carbons (Fsp3) is 0.500. The van der Waals surface area contributed by atoms with Crippen LogP contribution in [0.2, 0.25) is 0 Å². The largest absolute Gasteiger partial charge is 0.496 e. The Morgan fingerprint density at radius 3 is 2.17 bits per heavy atom. The second-order valence-electron chi connectivity index (χ2n) is 6.37. The Morgan fingerprint density at radius 1 is 1.03 bits per heavy atom. The number of benzene rings is 1. The molecule has 0 aliphatic carbocycles. The molecule has 8 nitrogen and oxygen atoms in total. The smallest absolute Gasteiger partial charge is 0.191 e. The van der Waals surface area contributed by atoms with Crippen molar-refractivity contribution < 1.29 is 14.2 Å². The SMILES string of the molecule is CN=C(NCCCn1nc(C)cc1C)NCc1c(OC)cc(OC)cc1OC.I. The van der Waals surface area contributed by atoms with Gasteiger partial charge in [0.2, 0.25) is 0 Å². The van der Waals surface area contributed by atoms with E-state index in [4.69, 9.17) is 14.2 Å². The average Bonchev–Trinajstić information content (AvgIpc) is 3.03. The van der Waals surface area contributed by atoms with Gasteiger partial charge < -0.3 is 24.8 Å². The molecule has 1 aromatic heterocycles. The molecular formula is C20H32IN5O3. The maximum atomic E-state index is 5.49. The third-order valence-corrected chi connectivity index (χ3v) is 4.42. The normalized spacial score (nSPS) is 10.9. The van der Waals surface area contributed by atoms with E-state index in [0.29, 0.717) is 29.8 Å². The number of methoxy groups -OCH3 is 3. The Morgan fingerprint density at radius 2 is 1.69 bits per heavy atom. The molecule has 0 aliphatic rings. The fourth-order valence-electron chi connectivity index (χ4n) is 2.98. The van der Waals surface area contributed by atoms with Crippen LogP contribution >= 0.6 is 24.0 Å². The molecule has 162 valence electrons. The van der Waals surface area contributed by atoms with Crippen molar-refractivity contribution in [2.24, 2.45) is 4.99 Å². The summed E-state index contributed by atoms with van der Waals surface area (Å²) in [5, 5.41) is 11.1. The van der Waals surface area contributed by atoms with Crippen molar-refractivity contribution in [1.29, 1.82) is 0 Å². The standard InChI is InChI=1S/C20H31N5O3.HI/c1-14-10-15(2)25(24-14)9-7-8-22-20(21-3)23-13-17-18(27-5)11-16(26-4)12-19(17)28-6;/h10-12H,7-9,13H2,1-6H3,(H2,21,22,23);1H. The number of hydrogen-bond donors (Lipinski definition) is 2. The van der Waals surface area contributed by atoms with Gasteiger partial charge in [0, 0.05) is 38.0 Å². The number of aromatic nitrogens is 2. The zero-order valence-electron chi connectivity index (χ0n) is 18.0. The molecular weight excluding hydrogens is 485 g/mol. The lowest BCUT2D eigenvalue weighted by Crippen LogP contribution is -2.37. The van der Waals surface area contributed by atoms with Gasteiger partial charge in [-0.05, 0) is 26.3 Å². The summed E-state index contributed by atoms with van der Waals surface area (Å²) >= 11 is 0. The van der Waals surface area contributed by atoms with Gasteiger partial charge in [0.15, 0.2) is 5.96 Å². The van der Waals surface area contributed by atoms with Crippen LogP contribution in [0.1, 0.15) is 23.4 Å². The van der Waals surface area contributed by atoms with Crippen LogP contribution in [0.4, 0.5) is 0 Å². The van der Waals surface area contributed by atoms with E-state index < -0.39 is 0 Å². The first-order valence-corrected chi connectivity index (χ1v) is 9.26. The Balaban J connectivity index is 0.00000420. The van der Waals surface area contributed by atoms with E-state index in [0.717, 1.165) is 30.8 Å². The summed E-state index contributed by atoms with van der Waals surface area (Å²) in [5.74, 6) is 2.80. The highest BCUT2D eigenvalue weighted by Crippen LogP contribution is 2.33. The third-order valence-electron chi connectivity index (χ3n) is 4.42. The summed E-state index contributed by atoms with van der Waals surface area (Å²) in [6.07, 6.45) is 0.942. The molecule has 0 bridgehead atoms. The molecule has 0 atom stereocenters. The van der Waals surface area contributed by atoms with Crippen LogP contribution in [0.5, 0.6) is 17.2 Å². The average molecular weight is 517 g/mol. The number of halogens is 1.